The maximum atomic E-state index is 12.1. The molecule has 330 valence electrons. The molecule has 0 heterocycles. The molecule has 0 radical (unpaired) electrons. The van der Waals surface area contributed by atoms with Crippen LogP contribution >= 0.6 is 0 Å². The van der Waals surface area contributed by atoms with Gasteiger partial charge in [-0.05, 0) is 99.7 Å². The van der Waals surface area contributed by atoms with Crippen molar-refractivity contribution in [3.63, 3.8) is 0 Å². The van der Waals surface area contributed by atoms with Crippen LogP contribution in [0, 0.1) is 0 Å². The van der Waals surface area contributed by atoms with Crippen molar-refractivity contribution in [3.8, 4) is 34.5 Å². The van der Waals surface area contributed by atoms with Gasteiger partial charge in [-0.25, -0.2) is 0 Å². The molecule has 0 saturated heterocycles. The topological polar surface area (TPSA) is 88.4 Å². The zero-order valence-electron chi connectivity index (χ0n) is 39.5. The lowest BCUT2D eigenvalue weighted by Gasteiger charge is -2.25. The SMILES string of the molecule is COc1c2cc(C(C)(C)C)cc1Cc1cccc(c1O)Cc1cc(C(C)(C)C)cc(c1OC)Cc1cccc(c1O)Cc1cc(C(C)(C)C)cc(c1OC)Cc1cccc(c1O)C2. The molecule has 7 rings (SSSR count). The summed E-state index contributed by atoms with van der Waals surface area (Å²) in [7, 11) is 5.11. The zero-order valence-corrected chi connectivity index (χ0v) is 39.5. The highest BCUT2D eigenvalue weighted by Gasteiger charge is 2.26. The highest BCUT2D eigenvalue weighted by Crippen LogP contribution is 2.42. The Labute approximate surface area is 375 Å². The Balaban J connectivity index is 1.49. The molecule has 0 aromatic heterocycles. The minimum Gasteiger partial charge on any atom is -0.507 e. The van der Waals surface area contributed by atoms with Crippen LogP contribution in [0.4, 0.5) is 0 Å². The van der Waals surface area contributed by atoms with Gasteiger partial charge in [0.2, 0.25) is 0 Å². The molecule has 6 nitrogen and oxygen atoms in total. The Hall–Kier alpha value is -5.88. The minimum absolute atomic E-state index is 0.179. The van der Waals surface area contributed by atoms with Crippen LogP contribution < -0.4 is 14.2 Å². The molecule has 0 amide bonds. The minimum atomic E-state index is -0.179. The average Bonchev–Trinajstić information content (AvgIpc) is 3.20. The first-order valence-corrected chi connectivity index (χ1v) is 22.2. The molecule has 0 saturated carbocycles. The maximum absolute atomic E-state index is 12.1. The summed E-state index contributed by atoms with van der Waals surface area (Å²) in [6, 6.07) is 31.2. The van der Waals surface area contributed by atoms with Gasteiger partial charge < -0.3 is 29.5 Å². The van der Waals surface area contributed by atoms with Gasteiger partial charge in [-0.2, -0.15) is 0 Å². The number of benzene rings is 6. The quantitative estimate of drug-likeness (QED) is 0.164. The molecule has 3 N–H and O–H groups in total. The van der Waals surface area contributed by atoms with Gasteiger partial charge in [0, 0.05) is 38.5 Å². The van der Waals surface area contributed by atoms with Crippen molar-refractivity contribution in [1.82, 2.24) is 0 Å². The fourth-order valence-electron chi connectivity index (χ4n) is 9.16. The number of aromatic hydroxyl groups is 3. The van der Waals surface area contributed by atoms with Crippen molar-refractivity contribution in [1.29, 1.82) is 0 Å². The molecule has 6 aromatic rings. The van der Waals surface area contributed by atoms with E-state index in [0.717, 1.165) is 101 Å². The highest BCUT2D eigenvalue weighted by molar-refractivity contribution is 5.59. The zero-order chi connectivity index (χ0) is 45.6. The summed E-state index contributed by atoms with van der Waals surface area (Å²) < 4.78 is 18.7. The van der Waals surface area contributed by atoms with Gasteiger partial charge in [-0.1, -0.05) is 153 Å². The van der Waals surface area contributed by atoms with Crippen molar-refractivity contribution in [2.24, 2.45) is 0 Å². The standard InChI is InChI=1S/C57H66O6/c1-55(2,3)46-28-40-22-34-16-13-18-36(49(34)58)24-42-30-47(56(4,5)6)32-44(53(42)62-11)26-38-20-15-21-39(51(38)60)27-45-33-48(57(7,8)9)31-43(54(45)63-12)25-37-19-14-17-35(50(37)59)23-41(29-46)52(40)61-10/h13-21,28-33,58-60H,22-27H2,1-12H3. The summed E-state index contributed by atoms with van der Waals surface area (Å²) in [6.07, 6.45) is 2.66. The molecule has 6 aromatic carbocycles. The summed E-state index contributed by atoms with van der Waals surface area (Å²) in [5.74, 6) is 2.95. The van der Waals surface area contributed by atoms with Gasteiger partial charge >= 0.3 is 0 Å². The second-order valence-corrected chi connectivity index (χ2v) is 20.6. The fraction of sp³-hybridized carbons (Fsp3) is 0.368. The third-order valence-corrected chi connectivity index (χ3v) is 12.8. The molecule has 12 bridgehead atoms. The van der Waals surface area contributed by atoms with Crippen LogP contribution in [0.3, 0.4) is 0 Å². The molecule has 0 spiro atoms. The van der Waals surface area contributed by atoms with Crippen molar-refractivity contribution in [2.45, 2.75) is 117 Å². The summed E-state index contributed by atoms with van der Waals surface area (Å²) in [6.45, 7) is 19.8. The van der Waals surface area contributed by atoms with Gasteiger partial charge in [0.25, 0.3) is 0 Å². The number of hydrogen-bond donors (Lipinski definition) is 3. The van der Waals surface area contributed by atoms with Gasteiger partial charge in [0.1, 0.15) is 34.5 Å². The molecular formula is C57H66O6. The summed E-state index contributed by atoms with van der Waals surface area (Å²) in [5.41, 5.74) is 13.4. The first-order valence-electron chi connectivity index (χ1n) is 22.2. The monoisotopic (exact) mass is 846 g/mol. The number of para-hydroxylation sites is 3. The summed E-state index contributed by atoms with van der Waals surface area (Å²) >= 11 is 0. The van der Waals surface area contributed by atoms with Crippen LogP contribution in [-0.2, 0) is 54.8 Å². The van der Waals surface area contributed by atoms with Crippen molar-refractivity contribution < 1.29 is 29.5 Å². The van der Waals surface area contributed by atoms with E-state index in [1.165, 1.54) is 0 Å². The number of methoxy groups -OCH3 is 3. The second kappa shape index (κ2) is 17.4. The van der Waals surface area contributed by atoms with Gasteiger partial charge in [0.15, 0.2) is 0 Å². The lowest BCUT2D eigenvalue weighted by atomic mass is 9.81. The number of hydrogen-bond acceptors (Lipinski definition) is 6. The van der Waals surface area contributed by atoms with Crippen molar-refractivity contribution in [3.05, 3.63) is 174 Å². The molecule has 0 unspecified atom stereocenters. The molecule has 6 heteroatoms. The number of rotatable bonds is 3. The fourth-order valence-corrected chi connectivity index (χ4v) is 9.16. The Kier molecular flexibility index (Phi) is 12.4. The van der Waals surface area contributed by atoms with E-state index in [4.69, 9.17) is 14.2 Å². The molecule has 63 heavy (non-hydrogen) atoms. The lowest BCUT2D eigenvalue weighted by Crippen LogP contribution is -2.14. The molecule has 1 aliphatic carbocycles. The van der Waals surface area contributed by atoms with Crippen LogP contribution in [0.5, 0.6) is 34.5 Å². The first-order chi connectivity index (χ1) is 29.7. The van der Waals surface area contributed by atoms with Gasteiger partial charge in [-0.15, -0.1) is 0 Å². The van der Waals surface area contributed by atoms with Crippen LogP contribution in [0.25, 0.3) is 0 Å². The van der Waals surface area contributed by atoms with Crippen molar-refractivity contribution >= 4 is 0 Å². The number of fused-ring (bicyclic) bond motifs is 12. The van der Waals surface area contributed by atoms with E-state index >= 15 is 0 Å². The smallest absolute Gasteiger partial charge is 0.125 e. The number of phenolic OH excluding ortho intramolecular Hbond substituents is 3. The maximum Gasteiger partial charge on any atom is 0.125 e. The van der Waals surface area contributed by atoms with E-state index < -0.39 is 0 Å². The second-order valence-electron chi connectivity index (χ2n) is 20.6. The Bertz CT molecular complexity index is 2240. The molecule has 0 fully saturated rings. The third kappa shape index (κ3) is 9.42. The van der Waals surface area contributed by atoms with Crippen LogP contribution in [0.15, 0.2) is 91.0 Å². The van der Waals surface area contributed by atoms with E-state index in [9.17, 15) is 15.3 Å². The van der Waals surface area contributed by atoms with Crippen LogP contribution in [-0.4, -0.2) is 36.6 Å². The van der Waals surface area contributed by atoms with E-state index in [0.29, 0.717) is 38.5 Å². The van der Waals surface area contributed by atoms with E-state index in [1.807, 2.05) is 54.6 Å². The molecular weight excluding hydrogens is 781 g/mol. The largest absolute Gasteiger partial charge is 0.507 e. The first kappa shape index (κ1) is 45.2. The van der Waals surface area contributed by atoms with E-state index in [1.54, 1.807) is 21.3 Å². The predicted molar refractivity (Wildman–Crippen MR) is 256 cm³/mol. The van der Waals surface area contributed by atoms with Crippen LogP contribution in [0.2, 0.25) is 0 Å². The van der Waals surface area contributed by atoms with E-state index in [2.05, 4.69) is 98.7 Å². The van der Waals surface area contributed by atoms with Crippen molar-refractivity contribution in [2.75, 3.05) is 21.3 Å². The van der Waals surface area contributed by atoms with Gasteiger partial charge in [-0.3, -0.25) is 0 Å². The molecule has 0 aliphatic heterocycles. The molecule has 1 aliphatic rings. The summed E-state index contributed by atoms with van der Waals surface area (Å²) in [5, 5.41) is 36.4. The van der Waals surface area contributed by atoms with Crippen LogP contribution in [0.1, 0.15) is 146 Å². The Morgan fingerprint density at radius 1 is 0.317 bits per heavy atom. The molecule has 0 atom stereocenters. The third-order valence-electron chi connectivity index (χ3n) is 12.8. The number of phenols is 3. The van der Waals surface area contributed by atoms with E-state index in [-0.39, 0.29) is 33.5 Å². The average molecular weight is 847 g/mol. The number of ether oxygens (including phenoxy) is 3. The van der Waals surface area contributed by atoms with Gasteiger partial charge in [0.05, 0.1) is 21.3 Å². The normalized spacial score (nSPS) is 13.5. The highest BCUT2D eigenvalue weighted by atomic mass is 16.5. The lowest BCUT2D eigenvalue weighted by molar-refractivity contribution is 0.403. The Morgan fingerprint density at radius 3 is 0.635 bits per heavy atom. The Morgan fingerprint density at radius 2 is 0.492 bits per heavy atom. The summed E-state index contributed by atoms with van der Waals surface area (Å²) in [4.78, 5) is 0. The predicted octanol–water partition coefficient (Wildman–Crippen LogP) is 12.6.